The van der Waals surface area contributed by atoms with Crippen LogP contribution in [-0.2, 0) is 9.59 Å². The number of rotatable bonds is 0. The zero-order valence-electron chi connectivity index (χ0n) is 15.3. The quantitative estimate of drug-likeness (QED) is 0.471. The molecule has 0 saturated heterocycles. The number of carbonyl (C=O) groups is 2. The smallest absolute Gasteiger partial charge is 0.141 e. The Labute approximate surface area is 154 Å². The van der Waals surface area contributed by atoms with E-state index < -0.39 is 12.1 Å². The maximum atomic E-state index is 13.3. The fourth-order valence-electron chi connectivity index (χ4n) is 7.80. The maximum absolute atomic E-state index is 13.3. The maximum Gasteiger partial charge on any atom is 0.141 e. The molecule has 0 aromatic carbocycles. The lowest BCUT2D eigenvalue weighted by molar-refractivity contribution is -0.129. The third-order valence-corrected chi connectivity index (χ3v) is 8.98. The van der Waals surface area contributed by atoms with Crippen molar-refractivity contribution in [1.82, 2.24) is 0 Å². The summed E-state index contributed by atoms with van der Waals surface area (Å²) in [6.45, 7) is 0. The van der Waals surface area contributed by atoms with Gasteiger partial charge in [-0.15, -0.1) is 0 Å². The topological polar surface area (TPSA) is 138 Å². The van der Waals surface area contributed by atoms with Crippen molar-refractivity contribution in [3.8, 4) is 0 Å². The van der Waals surface area contributed by atoms with Gasteiger partial charge in [0.1, 0.15) is 11.6 Å². The van der Waals surface area contributed by atoms with Crippen LogP contribution in [0.25, 0.3) is 0 Å². The minimum atomic E-state index is -0.431. The Kier molecular flexibility index (Phi) is 3.88. The predicted octanol–water partition coefficient (Wildman–Crippen LogP) is -0.228. The predicted molar refractivity (Wildman–Crippen MR) is 97.5 cm³/mol. The lowest BCUT2D eigenvalue weighted by Crippen LogP contribution is -2.70. The van der Waals surface area contributed by atoms with Crippen LogP contribution in [0, 0.1) is 47.3 Å². The molecule has 144 valence electrons. The summed E-state index contributed by atoms with van der Waals surface area (Å²) < 4.78 is 0. The van der Waals surface area contributed by atoms with Gasteiger partial charge in [0.05, 0.1) is 0 Å². The molecule has 0 spiro atoms. The van der Waals surface area contributed by atoms with Crippen LogP contribution in [0.15, 0.2) is 0 Å². The Morgan fingerprint density at radius 2 is 1.23 bits per heavy atom. The third-order valence-electron chi connectivity index (χ3n) is 8.98. The van der Waals surface area contributed by atoms with E-state index >= 15 is 0 Å². The first kappa shape index (κ1) is 17.3. The number of fused-ring (bicyclic) bond motifs is 6. The van der Waals surface area contributed by atoms with Gasteiger partial charge in [-0.1, -0.05) is 12.8 Å². The third kappa shape index (κ3) is 2.07. The van der Waals surface area contributed by atoms with Gasteiger partial charge in [0.2, 0.25) is 0 Å². The van der Waals surface area contributed by atoms with Gasteiger partial charge < -0.3 is 22.9 Å². The van der Waals surface area contributed by atoms with Crippen molar-refractivity contribution in [2.24, 2.45) is 70.3 Å². The summed E-state index contributed by atoms with van der Waals surface area (Å²) in [5, 5.41) is 0. The normalized spacial score (nSPS) is 58.8. The first-order chi connectivity index (χ1) is 12.4. The van der Waals surface area contributed by atoms with Crippen LogP contribution in [0.5, 0.6) is 0 Å². The number of nitrogens with two attached hydrogens (primary N) is 4. The van der Waals surface area contributed by atoms with Crippen LogP contribution >= 0.6 is 0 Å². The highest BCUT2D eigenvalue weighted by atomic mass is 16.1. The van der Waals surface area contributed by atoms with Crippen LogP contribution in [0.4, 0.5) is 0 Å². The van der Waals surface area contributed by atoms with Gasteiger partial charge >= 0.3 is 0 Å². The van der Waals surface area contributed by atoms with Crippen LogP contribution in [0.2, 0.25) is 0 Å². The lowest BCUT2D eigenvalue weighted by Gasteiger charge is -2.46. The second-order valence-electron chi connectivity index (χ2n) is 9.78. The molecule has 0 heterocycles. The largest absolute Gasteiger partial charge is 0.326 e. The summed E-state index contributed by atoms with van der Waals surface area (Å²) in [6, 6.07) is -1.52. The van der Waals surface area contributed by atoms with Crippen molar-refractivity contribution >= 4 is 11.6 Å². The molecule has 5 aliphatic carbocycles. The minimum Gasteiger partial charge on any atom is -0.326 e. The highest BCUT2D eigenvalue weighted by molar-refractivity contribution is 5.90. The van der Waals surface area contributed by atoms with E-state index in [-0.39, 0.29) is 53.4 Å². The van der Waals surface area contributed by atoms with Gasteiger partial charge in [-0.05, 0) is 49.4 Å². The van der Waals surface area contributed by atoms with Crippen molar-refractivity contribution in [2.45, 2.75) is 62.7 Å². The van der Waals surface area contributed by atoms with Gasteiger partial charge in [0.15, 0.2) is 0 Å². The SMILES string of the molecule is NC1C(N)C(N)C2C3CC4C(=O)C5CCCCC5C4CC3C(=O)C2C1N. The molecule has 0 amide bonds. The summed E-state index contributed by atoms with van der Waals surface area (Å²) in [7, 11) is 0. The first-order valence-electron chi connectivity index (χ1n) is 10.5. The average Bonchev–Trinajstić information content (AvgIpc) is 3.10. The molecule has 8 N–H and O–H groups in total. The molecule has 0 radical (unpaired) electrons. The minimum absolute atomic E-state index is 0.00585. The molecular weight excluding hydrogens is 328 g/mol. The van der Waals surface area contributed by atoms with Crippen molar-refractivity contribution < 1.29 is 9.59 Å². The van der Waals surface area contributed by atoms with Crippen molar-refractivity contribution in [1.29, 1.82) is 0 Å². The Morgan fingerprint density at radius 3 is 2.00 bits per heavy atom. The van der Waals surface area contributed by atoms with Gasteiger partial charge in [-0.3, -0.25) is 9.59 Å². The number of hydrogen-bond acceptors (Lipinski definition) is 6. The summed E-state index contributed by atoms with van der Waals surface area (Å²) in [4.78, 5) is 26.4. The van der Waals surface area contributed by atoms with Gasteiger partial charge in [0.25, 0.3) is 0 Å². The fraction of sp³-hybridized carbons (Fsp3) is 0.900. The molecule has 26 heavy (non-hydrogen) atoms. The van der Waals surface area contributed by atoms with Gasteiger partial charge in [0, 0.05) is 47.8 Å². The Balaban J connectivity index is 1.48. The molecule has 6 nitrogen and oxygen atoms in total. The first-order valence-corrected chi connectivity index (χ1v) is 10.5. The number of carbonyl (C=O) groups excluding carboxylic acids is 2. The summed E-state index contributed by atoms with van der Waals surface area (Å²) in [5.74, 6) is 1.91. The average molecular weight is 361 g/mol. The van der Waals surface area contributed by atoms with Crippen molar-refractivity contribution in [3.05, 3.63) is 0 Å². The highest BCUT2D eigenvalue weighted by Crippen LogP contribution is 2.60. The van der Waals surface area contributed by atoms with E-state index in [2.05, 4.69) is 0 Å². The second kappa shape index (κ2) is 5.84. The second-order valence-corrected chi connectivity index (χ2v) is 9.78. The van der Waals surface area contributed by atoms with E-state index in [9.17, 15) is 9.59 Å². The molecular formula is C20H32N4O2. The van der Waals surface area contributed by atoms with E-state index in [0.29, 0.717) is 17.6 Å². The molecule has 12 unspecified atom stereocenters. The highest BCUT2D eigenvalue weighted by Gasteiger charge is 2.64. The molecule has 0 bridgehead atoms. The molecule has 5 aliphatic rings. The Morgan fingerprint density at radius 1 is 0.615 bits per heavy atom. The summed E-state index contributed by atoms with van der Waals surface area (Å²) >= 11 is 0. The monoisotopic (exact) mass is 360 g/mol. The van der Waals surface area contributed by atoms with E-state index in [4.69, 9.17) is 22.9 Å². The molecule has 6 heteroatoms. The van der Waals surface area contributed by atoms with E-state index in [1.807, 2.05) is 0 Å². The molecule has 0 aromatic rings. The number of hydrogen-bond donors (Lipinski definition) is 4. The number of ketones is 2. The molecule has 5 rings (SSSR count). The van der Waals surface area contributed by atoms with Crippen molar-refractivity contribution in [2.75, 3.05) is 0 Å². The van der Waals surface area contributed by atoms with Crippen LogP contribution in [0.3, 0.4) is 0 Å². The van der Waals surface area contributed by atoms with Gasteiger partial charge in [-0.2, -0.15) is 0 Å². The molecule has 5 fully saturated rings. The Bertz CT molecular complexity index is 639. The standard InChI is InChI=1S/C20H32N4O2/c21-15-13-10-6-11-9(7-3-1-2-4-8(7)19(11)25)5-12(10)20(26)14(13)16(22)18(24)17(15)23/h7-18H,1-6,21-24H2. The van der Waals surface area contributed by atoms with Crippen LogP contribution in [0.1, 0.15) is 38.5 Å². The molecule has 5 saturated carbocycles. The summed E-state index contributed by atoms with van der Waals surface area (Å²) in [6.07, 6.45) is 6.29. The fourth-order valence-corrected chi connectivity index (χ4v) is 7.80. The van der Waals surface area contributed by atoms with E-state index in [1.54, 1.807) is 0 Å². The Hall–Kier alpha value is -0.820. The molecule has 0 aliphatic heterocycles. The summed E-state index contributed by atoms with van der Waals surface area (Å²) in [5.41, 5.74) is 25.3. The lowest BCUT2D eigenvalue weighted by atomic mass is 9.63. The number of Topliss-reactive ketones (excluding diaryl/α,β-unsaturated/α-hetero) is 2. The van der Waals surface area contributed by atoms with E-state index in [1.165, 1.54) is 12.8 Å². The zero-order chi connectivity index (χ0) is 18.3. The zero-order valence-corrected chi connectivity index (χ0v) is 15.3. The molecule has 0 aromatic heterocycles. The van der Waals surface area contributed by atoms with Crippen LogP contribution < -0.4 is 22.9 Å². The van der Waals surface area contributed by atoms with Crippen LogP contribution in [-0.4, -0.2) is 35.7 Å². The van der Waals surface area contributed by atoms with E-state index in [0.717, 1.165) is 25.7 Å². The van der Waals surface area contributed by atoms with Crippen molar-refractivity contribution in [3.63, 3.8) is 0 Å². The molecule has 12 atom stereocenters. The van der Waals surface area contributed by atoms with Gasteiger partial charge in [-0.25, -0.2) is 0 Å².